The van der Waals surface area contributed by atoms with Crippen LogP contribution in [0.5, 0.6) is 0 Å². The third-order valence-corrected chi connectivity index (χ3v) is 5.97. The molecule has 1 N–H and O–H groups in total. The highest BCUT2D eigenvalue weighted by Crippen LogP contribution is 2.25. The fourth-order valence-corrected chi connectivity index (χ4v) is 4.11. The topological polar surface area (TPSA) is 71.0 Å². The molecule has 0 radical (unpaired) electrons. The van der Waals surface area contributed by atoms with E-state index in [0.717, 1.165) is 61.4 Å². The van der Waals surface area contributed by atoms with Crippen LogP contribution in [0.4, 0.5) is 10.1 Å². The molecule has 0 aliphatic carbocycles. The third kappa shape index (κ3) is 4.65. The standard InChI is InChI=1S/C24H28FN5O/c1-3-20-21(4-2)29-23-22(28-20)13-18(15-26-23)30-11-9-16(10-12-30)24(31)27-14-17-7-5-6-8-19(17)25/h5-8,13,15-16H,3-4,9-12,14H2,1-2H3,(H,27,31). The minimum Gasteiger partial charge on any atom is -0.370 e. The van der Waals surface area contributed by atoms with E-state index in [1.54, 1.807) is 18.2 Å². The van der Waals surface area contributed by atoms with Crippen molar-refractivity contribution in [3.63, 3.8) is 0 Å². The first kappa shape index (κ1) is 21.2. The molecule has 3 heterocycles. The molecule has 31 heavy (non-hydrogen) atoms. The highest BCUT2D eigenvalue weighted by molar-refractivity contribution is 5.79. The maximum atomic E-state index is 13.7. The van der Waals surface area contributed by atoms with Crippen molar-refractivity contribution in [1.82, 2.24) is 20.3 Å². The van der Waals surface area contributed by atoms with E-state index in [9.17, 15) is 9.18 Å². The number of aryl methyl sites for hydroxylation is 2. The number of benzene rings is 1. The first-order chi connectivity index (χ1) is 15.1. The number of halogens is 1. The van der Waals surface area contributed by atoms with Gasteiger partial charge < -0.3 is 10.2 Å². The van der Waals surface area contributed by atoms with Crippen LogP contribution in [-0.4, -0.2) is 33.9 Å². The molecule has 0 atom stereocenters. The predicted molar refractivity (Wildman–Crippen MR) is 119 cm³/mol. The fraction of sp³-hybridized carbons (Fsp3) is 0.417. The van der Waals surface area contributed by atoms with Crippen LogP contribution in [-0.2, 0) is 24.2 Å². The van der Waals surface area contributed by atoms with Crippen LogP contribution in [0.3, 0.4) is 0 Å². The number of anilines is 1. The van der Waals surface area contributed by atoms with Crippen molar-refractivity contribution in [3.05, 3.63) is 59.3 Å². The molecule has 0 unspecified atom stereocenters. The van der Waals surface area contributed by atoms with Crippen molar-refractivity contribution < 1.29 is 9.18 Å². The van der Waals surface area contributed by atoms with Crippen molar-refractivity contribution in [3.8, 4) is 0 Å². The molecule has 7 heteroatoms. The molecule has 1 amide bonds. The number of nitrogens with zero attached hydrogens (tertiary/aromatic N) is 4. The van der Waals surface area contributed by atoms with E-state index in [-0.39, 0.29) is 24.2 Å². The van der Waals surface area contributed by atoms with Gasteiger partial charge in [0.25, 0.3) is 0 Å². The first-order valence-electron chi connectivity index (χ1n) is 11.0. The lowest BCUT2D eigenvalue weighted by molar-refractivity contribution is -0.125. The van der Waals surface area contributed by atoms with Gasteiger partial charge in [-0.3, -0.25) is 4.79 Å². The summed E-state index contributed by atoms with van der Waals surface area (Å²) in [4.78, 5) is 28.8. The quantitative estimate of drug-likeness (QED) is 0.655. The van der Waals surface area contributed by atoms with Crippen molar-refractivity contribution in [2.45, 2.75) is 46.1 Å². The maximum absolute atomic E-state index is 13.7. The van der Waals surface area contributed by atoms with Crippen molar-refractivity contribution in [2.24, 2.45) is 5.92 Å². The lowest BCUT2D eigenvalue weighted by atomic mass is 9.95. The molecule has 6 nitrogen and oxygen atoms in total. The number of fused-ring (bicyclic) bond motifs is 1. The van der Waals surface area contributed by atoms with Gasteiger partial charge in [0.2, 0.25) is 5.91 Å². The van der Waals surface area contributed by atoms with Crippen molar-refractivity contribution in [1.29, 1.82) is 0 Å². The lowest BCUT2D eigenvalue weighted by Crippen LogP contribution is -2.40. The van der Waals surface area contributed by atoms with E-state index in [2.05, 4.69) is 34.0 Å². The smallest absolute Gasteiger partial charge is 0.223 e. The zero-order chi connectivity index (χ0) is 21.8. The molecule has 162 valence electrons. The number of amides is 1. The molecule has 0 bridgehead atoms. The van der Waals surface area contributed by atoms with Gasteiger partial charge in [-0.1, -0.05) is 32.0 Å². The molecule has 1 aliphatic rings. The van der Waals surface area contributed by atoms with E-state index in [1.165, 1.54) is 6.07 Å². The number of aromatic nitrogens is 3. The van der Waals surface area contributed by atoms with Crippen LogP contribution in [0.25, 0.3) is 11.2 Å². The van der Waals surface area contributed by atoms with Crippen LogP contribution in [0.2, 0.25) is 0 Å². The number of piperidine rings is 1. The number of nitrogens with one attached hydrogen (secondary N) is 1. The molecule has 2 aromatic heterocycles. The summed E-state index contributed by atoms with van der Waals surface area (Å²) < 4.78 is 13.7. The first-order valence-corrected chi connectivity index (χ1v) is 11.0. The SMILES string of the molecule is CCc1nc2cc(N3CCC(C(=O)NCc4ccccc4F)CC3)cnc2nc1CC. The Balaban J connectivity index is 1.38. The van der Waals surface area contributed by atoms with Gasteiger partial charge in [-0.05, 0) is 37.8 Å². The third-order valence-electron chi connectivity index (χ3n) is 5.97. The van der Waals surface area contributed by atoms with Gasteiger partial charge in [-0.15, -0.1) is 0 Å². The zero-order valence-corrected chi connectivity index (χ0v) is 18.1. The Bertz CT molecular complexity index is 1080. The second-order valence-corrected chi connectivity index (χ2v) is 7.93. The number of hydrogen-bond donors (Lipinski definition) is 1. The summed E-state index contributed by atoms with van der Waals surface area (Å²) in [5, 5.41) is 2.88. The normalized spacial score (nSPS) is 14.7. The molecule has 0 saturated carbocycles. The number of pyridine rings is 1. The number of carbonyl (C=O) groups excluding carboxylic acids is 1. The van der Waals surface area contributed by atoms with Crippen LogP contribution in [0.1, 0.15) is 43.6 Å². The van der Waals surface area contributed by atoms with E-state index in [4.69, 9.17) is 4.98 Å². The summed E-state index contributed by atoms with van der Waals surface area (Å²) in [6.07, 6.45) is 5.05. The van der Waals surface area contributed by atoms with E-state index in [1.807, 2.05) is 12.3 Å². The highest BCUT2D eigenvalue weighted by Gasteiger charge is 2.25. The Morgan fingerprint density at radius 2 is 1.84 bits per heavy atom. The Labute approximate surface area is 181 Å². The molecule has 3 aromatic rings. The predicted octanol–water partition coefficient (Wildman–Crippen LogP) is 3.82. The molecular weight excluding hydrogens is 393 g/mol. The molecule has 0 spiro atoms. The Morgan fingerprint density at radius 1 is 1.13 bits per heavy atom. The minimum atomic E-state index is -0.290. The van der Waals surface area contributed by atoms with Gasteiger partial charge in [0.15, 0.2) is 5.65 Å². The van der Waals surface area contributed by atoms with E-state index < -0.39 is 0 Å². The molecule has 1 saturated heterocycles. The molecule has 1 aliphatic heterocycles. The maximum Gasteiger partial charge on any atom is 0.223 e. The monoisotopic (exact) mass is 421 g/mol. The summed E-state index contributed by atoms with van der Waals surface area (Å²) >= 11 is 0. The number of carbonyl (C=O) groups is 1. The van der Waals surface area contributed by atoms with Crippen LogP contribution in [0, 0.1) is 11.7 Å². The number of hydrogen-bond acceptors (Lipinski definition) is 5. The van der Waals surface area contributed by atoms with Gasteiger partial charge in [0, 0.05) is 31.1 Å². The highest BCUT2D eigenvalue weighted by atomic mass is 19.1. The molecular formula is C24H28FN5O. The largest absolute Gasteiger partial charge is 0.370 e. The van der Waals surface area contributed by atoms with Crippen molar-refractivity contribution in [2.75, 3.05) is 18.0 Å². The second kappa shape index (κ2) is 9.37. The Kier molecular flexibility index (Phi) is 6.39. The molecule has 1 aromatic carbocycles. The Hall–Kier alpha value is -3.09. The van der Waals surface area contributed by atoms with Gasteiger partial charge in [0.05, 0.1) is 23.3 Å². The van der Waals surface area contributed by atoms with Gasteiger partial charge in [-0.2, -0.15) is 0 Å². The fourth-order valence-electron chi connectivity index (χ4n) is 4.11. The van der Waals surface area contributed by atoms with Gasteiger partial charge in [0.1, 0.15) is 11.3 Å². The minimum absolute atomic E-state index is 0.00918. The van der Waals surface area contributed by atoms with Gasteiger partial charge in [-0.25, -0.2) is 19.3 Å². The van der Waals surface area contributed by atoms with Gasteiger partial charge >= 0.3 is 0 Å². The van der Waals surface area contributed by atoms with Crippen LogP contribution < -0.4 is 10.2 Å². The summed E-state index contributed by atoms with van der Waals surface area (Å²) in [7, 11) is 0. The van der Waals surface area contributed by atoms with Crippen LogP contribution in [0.15, 0.2) is 36.5 Å². The zero-order valence-electron chi connectivity index (χ0n) is 18.1. The average molecular weight is 422 g/mol. The average Bonchev–Trinajstić information content (AvgIpc) is 2.82. The summed E-state index contributed by atoms with van der Waals surface area (Å²) in [6.45, 7) is 5.94. The molecule has 1 fully saturated rings. The summed E-state index contributed by atoms with van der Waals surface area (Å²) in [6, 6.07) is 8.58. The number of rotatable bonds is 6. The summed E-state index contributed by atoms with van der Waals surface area (Å²) in [5.74, 6) is -0.359. The van der Waals surface area contributed by atoms with Crippen LogP contribution >= 0.6 is 0 Å². The van der Waals surface area contributed by atoms with E-state index >= 15 is 0 Å². The summed E-state index contributed by atoms with van der Waals surface area (Å²) in [5.41, 5.74) is 5.06. The van der Waals surface area contributed by atoms with E-state index in [0.29, 0.717) is 11.2 Å². The Morgan fingerprint density at radius 3 is 2.55 bits per heavy atom. The second-order valence-electron chi connectivity index (χ2n) is 7.93. The lowest BCUT2D eigenvalue weighted by Gasteiger charge is -2.32. The van der Waals surface area contributed by atoms with Crippen molar-refractivity contribution >= 4 is 22.8 Å². The molecule has 4 rings (SSSR count).